The molecule has 0 aliphatic carbocycles. The largest absolute Gasteiger partial charge is 0.481 e. The minimum Gasteiger partial charge on any atom is -0.481 e. The molecule has 22 heteroatoms. The Morgan fingerprint density at radius 2 is 1.24 bits per heavy atom. The Bertz CT molecular complexity index is 2070. The van der Waals surface area contributed by atoms with Crippen LogP contribution in [-0.2, 0) is 65.5 Å². The smallest absolute Gasteiger partial charge is 0.326 e. The second-order valence-corrected chi connectivity index (χ2v) is 16.9. The summed E-state index contributed by atoms with van der Waals surface area (Å²) < 4.78 is 4.59. The van der Waals surface area contributed by atoms with Gasteiger partial charge in [-0.2, -0.15) is 0 Å². The Morgan fingerprint density at radius 3 is 1.80 bits per heavy atom. The normalized spacial score (nSPS) is 13.9. The Kier molecular flexibility index (Phi) is 26.9. The van der Waals surface area contributed by atoms with Crippen molar-refractivity contribution in [3.8, 4) is 0 Å². The van der Waals surface area contributed by atoms with Gasteiger partial charge in [-0.3, -0.25) is 54.2 Å². The van der Waals surface area contributed by atoms with E-state index in [0.29, 0.717) is 25.7 Å². The van der Waals surface area contributed by atoms with Crippen LogP contribution >= 0.6 is 0 Å². The molecular formula is C48H67N7O15. The van der Waals surface area contributed by atoms with E-state index in [1.54, 1.807) is 42.5 Å². The van der Waals surface area contributed by atoms with Crippen LogP contribution in [0.25, 0.3) is 0 Å². The molecule has 0 heterocycles. The van der Waals surface area contributed by atoms with Gasteiger partial charge < -0.3 is 47.1 Å². The highest BCUT2D eigenvalue weighted by molar-refractivity contribution is 5.94. The summed E-state index contributed by atoms with van der Waals surface area (Å²) >= 11 is 0. The average Bonchev–Trinajstić information content (AvgIpc) is 3.31. The molecule has 2 rings (SSSR count). The third-order valence-electron chi connectivity index (χ3n) is 11.1. The van der Waals surface area contributed by atoms with Crippen molar-refractivity contribution < 1.29 is 72.8 Å². The number of carboxylic acid groups (broad SMARTS) is 3. The van der Waals surface area contributed by atoms with E-state index < -0.39 is 103 Å². The van der Waals surface area contributed by atoms with Crippen LogP contribution in [0.1, 0.15) is 114 Å². The van der Waals surface area contributed by atoms with Crippen molar-refractivity contribution in [2.45, 2.75) is 146 Å². The number of hydrogen-bond acceptors (Lipinski definition) is 14. The minimum atomic E-state index is -2.21. The molecular weight excluding hydrogens is 915 g/mol. The zero-order valence-electron chi connectivity index (χ0n) is 39.4. The highest BCUT2D eigenvalue weighted by Gasteiger charge is 2.33. The summed E-state index contributed by atoms with van der Waals surface area (Å²) in [5.74, 6) is -10.0. The van der Waals surface area contributed by atoms with Crippen LogP contribution in [0.4, 0.5) is 4.79 Å². The maximum atomic E-state index is 14.0. The number of benzene rings is 2. The van der Waals surface area contributed by atoms with Gasteiger partial charge in [0.25, 0.3) is 6.47 Å². The first kappa shape index (κ1) is 59.1. The molecule has 6 atom stereocenters. The Labute approximate surface area is 405 Å². The number of carbonyl (C=O) groups excluding carboxylic acids is 8. The Morgan fingerprint density at radius 1 is 0.657 bits per heavy atom. The molecule has 0 unspecified atom stereocenters. The average molecular weight is 982 g/mol. The van der Waals surface area contributed by atoms with Crippen LogP contribution in [-0.4, -0.2) is 117 Å². The van der Waals surface area contributed by atoms with Gasteiger partial charge in [-0.25, -0.2) is 9.59 Å². The van der Waals surface area contributed by atoms with Crippen molar-refractivity contribution in [2.24, 2.45) is 17.4 Å². The highest BCUT2D eigenvalue weighted by atomic mass is 16.6. The number of amides is 5. The van der Waals surface area contributed by atoms with Crippen LogP contribution < -0.4 is 38.1 Å². The number of urea groups is 1. The van der Waals surface area contributed by atoms with E-state index >= 15 is 0 Å². The van der Waals surface area contributed by atoms with Crippen molar-refractivity contribution in [1.29, 1.82) is 0 Å². The number of unbranched alkanes of at least 4 members (excludes halogenated alkanes) is 5. The van der Waals surface area contributed by atoms with Gasteiger partial charge >= 0.3 is 23.9 Å². The van der Waals surface area contributed by atoms with Gasteiger partial charge in [0.1, 0.15) is 17.9 Å². The third-order valence-corrected chi connectivity index (χ3v) is 11.1. The van der Waals surface area contributed by atoms with E-state index in [9.17, 15) is 63.0 Å². The van der Waals surface area contributed by atoms with Crippen molar-refractivity contribution in [3.63, 3.8) is 0 Å². The number of carboxylic acids is 3. The fourth-order valence-electron chi connectivity index (χ4n) is 7.21. The molecule has 0 fully saturated rings. The number of carbonyl (C=O) groups is 11. The standard InChI is InChI=1S/C48H67N7O15/c1-2-39(58)38(28-43(63)64)53-45(66)35(49)29-51-44(65)33(25-31-15-9-7-10-16-31)27-40(59)37(26-32-17-11-8-12-18-32)52-41(60)20-14-6-4-3-5-13-19-34(57)21-22-36(46(67)68)54-47(69)55-48(50,70-30-56)24-23-42(61)62/h7-12,15-18,30,33,35-38H,2-6,13-14,19-29,49-50H2,1H3,(H,51,65)(H,52,60)(H,53,66)(H,61,62)(H,63,64)(H,67,68)(H2,54,55,69)/t33-,35+,36+,37+,38+,48+/m1/s1. The van der Waals surface area contributed by atoms with Gasteiger partial charge in [-0.05, 0) is 43.2 Å². The summed E-state index contributed by atoms with van der Waals surface area (Å²) in [6.07, 6.45) is 2.11. The van der Waals surface area contributed by atoms with Crippen molar-refractivity contribution >= 4 is 65.5 Å². The maximum Gasteiger partial charge on any atom is 0.326 e. The number of aliphatic carboxylic acids is 3. The van der Waals surface area contributed by atoms with E-state index in [-0.39, 0.29) is 76.1 Å². The fourth-order valence-corrected chi connectivity index (χ4v) is 7.21. The molecule has 0 spiro atoms. The van der Waals surface area contributed by atoms with Crippen LogP contribution in [0, 0.1) is 5.92 Å². The van der Waals surface area contributed by atoms with E-state index in [1.165, 1.54) is 6.92 Å². The minimum absolute atomic E-state index is 0.0145. The summed E-state index contributed by atoms with van der Waals surface area (Å²) in [4.78, 5) is 136. The molecule has 0 saturated heterocycles. The zero-order chi connectivity index (χ0) is 52.1. The number of rotatable bonds is 37. The molecule has 0 aliphatic rings. The number of ether oxygens (including phenoxy) is 1. The lowest BCUT2D eigenvalue weighted by Crippen LogP contribution is -2.61. The Hall–Kier alpha value is -7.07. The molecule has 0 aliphatic heterocycles. The number of hydrogen-bond donors (Lipinski definition) is 10. The molecule has 5 amide bonds. The van der Waals surface area contributed by atoms with Gasteiger partial charge in [0.15, 0.2) is 11.6 Å². The first-order valence-electron chi connectivity index (χ1n) is 23.2. The first-order valence-corrected chi connectivity index (χ1v) is 23.2. The molecule has 0 radical (unpaired) electrons. The van der Waals surface area contributed by atoms with E-state index in [2.05, 4.69) is 26.0 Å². The van der Waals surface area contributed by atoms with E-state index in [0.717, 1.165) is 24.0 Å². The van der Waals surface area contributed by atoms with Gasteiger partial charge in [0, 0.05) is 51.0 Å². The van der Waals surface area contributed by atoms with E-state index in [1.807, 2.05) is 23.5 Å². The molecule has 0 aromatic heterocycles. The predicted molar refractivity (Wildman–Crippen MR) is 251 cm³/mol. The Balaban J connectivity index is 1.91. The molecule has 2 aromatic rings. The molecule has 384 valence electrons. The van der Waals surface area contributed by atoms with Gasteiger partial charge in [-0.15, -0.1) is 0 Å². The summed E-state index contributed by atoms with van der Waals surface area (Å²) in [5.41, 5.74) is 13.3. The second kappa shape index (κ2) is 31.9. The van der Waals surface area contributed by atoms with Crippen LogP contribution in [0.3, 0.4) is 0 Å². The third kappa shape index (κ3) is 24.3. The molecule has 22 nitrogen and oxygen atoms in total. The summed E-state index contributed by atoms with van der Waals surface area (Å²) in [6, 6.07) is 11.8. The fraction of sp³-hybridized carbons (Fsp3) is 0.521. The van der Waals surface area contributed by atoms with E-state index in [4.69, 9.17) is 16.6 Å². The zero-order valence-corrected chi connectivity index (χ0v) is 39.4. The lowest BCUT2D eigenvalue weighted by molar-refractivity contribution is -0.150. The second-order valence-electron chi connectivity index (χ2n) is 16.9. The molecule has 2 aromatic carbocycles. The SMILES string of the molecule is CCC(=O)[C@H](CC(=O)O)NC(=O)[C@@H](N)CNC(=O)[C@@H](CC(=O)[C@H](Cc1ccccc1)NC(=O)CCCCCCCCC(=O)CC[C@H](NC(=O)N[C@@](N)(CCC(=O)O)OC=O)C(=O)O)Cc1ccccc1. The first-order chi connectivity index (χ1) is 33.2. The van der Waals surface area contributed by atoms with Crippen molar-refractivity contribution in [2.75, 3.05) is 6.54 Å². The molecule has 70 heavy (non-hydrogen) atoms. The number of nitrogens with one attached hydrogen (secondary N) is 5. The lowest BCUT2D eigenvalue weighted by atomic mass is 9.89. The predicted octanol–water partition coefficient (Wildman–Crippen LogP) is 1.79. The van der Waals surface area contributed by atoms with Crippen LogP contribution in [0.2, 0.25) is 0 Å². The maximum absolute atomic E-state index is 14.0. The summed E-state index contributed by atoms with van der Waals surface area (Å²) in [7, 11) is 0. The topological polar surface area (TPSA) is 370 Å². The summed E-state index contributed by atoms with van der Waals surface area (Å²) in [6.45, 7) is 1.06. The monoisotopic (exact) mass is 981 g/mol. The molecule has 12 N–H and O–H groups in total. The van der Waals surface area contributed by atoms with Crippen LogP contribution in [0.5, 0.6) is 0 Å². The van der Waals surface area contributed by atoms with Crippen molar-refractivity contribution in [3.05, 3.63) is 71.8 Å². The quantitative estimate of drug-likeness (QED) is 0.0262. The summed E-state index contributed by atoms with van der Waals surface area (Å²) in [5, 5.41) is 39.6. The van der Waals surface area contributed by atoms with Crippen LogP contribution in [0.15, 0.2) is 60.7 Å². The number of Topliss-reactive ketones (excluding diaryl/α,β-unsaturated/α-hetero) is 3. The number of ketones is 3. The molecule has 0 saturated carbocycles. The molecule has 0 bridgehead atoms. The van der Waals surface area contributed by atoms with Gasteiger partial charge in [0.05, 0.1) is 24.9 Å². The van der Waals surface area contributed by atoms with Crippen molar-refractivity contribution in [1.82, 2.24) is 26.6 Å². The van der Waals surface area contributed by atoms with Gasteiger partial charge in [0.2, 0.25) is 23.6 Å². The highest BCUT2D eigenvalue weighted by Crippen LogP contribution is 2.18. The number of nitrogens with two attached hydrogens (primary N) is 2. The lowest BCUT2D eigenvalue weighted by Gasteiger charge is -2.28. The van der Waals surface area contributed by atoms with Gasteiger partial charge in [-0.1, -0.05) is 93.3 Å².